The van der Waals surface area contributed by atoms with Crippen LogP contribution in [0.3, 0.4) is 0 Å². The number of nitrogens with two attached hydrogens (primary N) is 1. The van der Waals surface area contributed by atoms with E-state index in [-0.39, 0.29) is 17.7 Å². The fourth-order valence-electron chi connectivity index (χ4n) is 3.54. The fraction of sp³-hybridized carbons (Fsp3) is 0.850. The summed E-state index contributed by atoms with van der Waals surface area (Å²) < 4.78 is 25.9. The van der Waals surface area contributed by atoms with Gasteiger partial charge in [0.25, 0.3) is 0 Å². The lowest BCUT2D eigenvalue weighted by Gasteiger charge is -2.32. The molecule has 0 bridgehead atoms. The highest BCUT2D eigenvalue weighted by molar-refractivity contribution is 7.88. The number of thiol groups is 1. The maximum atomic E-state index is 13.1. The summed E-state index contributed by atoms with van der Waals surface area (Å²) in [5, 5.41) is 7.59. The molecule has 0 aliphatic carbocycles. The van der Waals surface area contributed by atoms with Crippen LogP contribution in [0.5, 0.6) is 0 Å². The van der Waals surface area contributed by atoms with Crippen LogP contribution in [0.15, 0.2) is 0 Å². The fourth-order valence-corrected chi connectivity index (χ4v) is 4.62. The second-order valence-electron chi connectivity index (χ2n) is 10.00. The zero-order valence-corrected chi connectivity index (χ0v) is 21.5. The first-order chi connectivity index (χ1) is 14.5. The Balaban J connectivity index is 3.00. The van der Waals surface area contributed by atoms with Crippen LogP contribution in [0.2, 0.25) is 0 Å². The molecule has 0 radical (unpaired) electrons. The molecule has 0 aromatic carbocycles. The van der Waals surface area contributed by atoms with Gasteiger partial charge in [-0.25, -0.2) is 13.1 Å². The number of carbonyl (C=O) groups excluding carboxylic acids is 3. The summed E-state index contributed by atoms with van der Waals surface area (Å²) in [5.41, 5.74) is 5.22. The second-order valence-corrected chi connectivity index (χ2v) is 12.4. The number of amides is 3. The van der Waals surface area contributed by atoms with Crippen molar-refractivity contribution >= 4 is 40.4 Å². The minimum atomic E-state index is -3.66. The van der Waals surface area contributed by atoms with Gasteiger partial charge in [0.15, 0.2) is 0 Å². The largest absolute Gasteiger partial charge is 0.356 e. The first-order valence-corrected chi connectivity index (χ1v) is 13.2. The van der Waals surface area contributed by atoms with Crippen molar-refractivity contribution < 1.29 is 22.8 Å². The molecular formula is C20H39N5O5S2. The van der Waals surface area contributed by atoms with Gasteiger partial charge in [-0.2, -0.15) is 12.6 Å². The molecule has 10 nitrogen and oxygen atoms in total. The molecule has 186 valence electrons. The van der Waals surface area contributed by atoms with Gasteiger partial charge >= 0.3 is 0 Å². The van der Waals surface area contributed by atoms with E-state index in [0.717, 1.165) is 6.26 Å². The van der Waals surface area contributed by atoms with Crippen LogP contribution in [-0.2, 0) is 24.4 Å². The SMILES string of the molecule is CC(C)C[C@H](NC(=O)[C@@H](NS(C)(=O)=O)C(C)(C)C)C(=O)N[C@@H](C[C@@H]1CCNC1=O)C(N)S. The van der Waals surface area contributed by atoms with Crippen LogP contribution in [0.1, 0.15) is 53.9 Å². The number of sulfonamides is 1. The highest BCUT2D eigenvalue weighted by atomic mass is 32.2. The van der Waals surface area contributed by atoms with Crippen LogP contribution in [0.4, 0.5) is 0 Å². The summed E-state index contributed by atoms with van der Waals surface area (Å²) in [6, 6.07) is -2.54. The quantitative estimate of drug-likeness (QED) is 0.171. The summed E-state index contributed by atoms with van der Waals surface area (Å²) in [7, 11) is -3.66. The van der Waals surface area contributed by atoms with Gasteiger partial charge in [-0.3, -0.25) is 14.4 Å². The first kappa shape index (κ1) is 28.7. The minimum absolute atomic E-state index is 0.0748. The van der Waals surface area contributed by atoms with Gasteiger partial charge in [-0.15, -0.1) is 0 Å². The molecule has 12 heteroatoms. The molecule has 1 saturated heterocycles. The van der Waals surface area contributed by atoms with Gasteiger partial charge in [0.2, 0.25) is 27.7 Å². The average molecular weight is 494 g/mol. The van der Waals surface area contributed by atoms with Crippen molar-refractivity contribution in [3.05, 3.63) is 0 Å². The van der Waals surface area contributed by atoms with E-state index in [1.807, 2.05) is 13.8 Å². The van der Waals surface area contributed by atoms with Crippen LogP contribution in [0, 0.1) is 17.3 Å². The molecule has 1 rings (SSSR count). The molecule has 1 aliphatic rings. The predicted octanol–water partition coefficient (Wildman–Crippen LogP) is -0.293. The molecular weight excluding hydrogens is 454 g/mol. The summed E-state index contributed by atoms with van der Waals surface area (Å²) in [6.45, 7) is 9.60. The zero-order chi connectivity index (χ0) is 24.9. The number of hydrogen-bond donors (Lipinski definition) is 6. The molecule has 0 aromatic rings. The lowest BCUT2D eigenvalue weighted by Crippen LogP contribution is -2.59. The highest BCUT2D eigenvalue weighted by Crippen LogP contribution is 2.21. The van der Waals surface area contributed by atoms with E-state index in [4.69, 9.17) is 5.73 Å². The number of hydrogen-bond acceptors (Lipinski definition) is 7. The number of carbonyl (C=O) groups is 3. The van der Waals surface area contributed by atoms with Crippen molar-refractivity contribution in [2.45, 2.75) is 77.4 Å². The third kappa shape index (κ3) is 9.63. The van der Waals surface area contributed by atoms with Gasteiger partial charge in [-0.1, -0.05) is 34.6 Å². The van der Waals surface area contributed by atoms with Gasteiger partial charge in [-0.05, 0) is 30.6 Å². The van der Waals surface area contributed by atoms with Gasteiger partial charge in [0.1, 0.15) is 12.1 Å². The maximum absolute atomic E-state index is 13.1. The smallest absolute Gasteiger partial charge is 0.242 e. The normalized spacial score (nSPS) is 20.9. The number of rotatable bonds is 11. The predicted molar refractivity (Wildman–Crippen MR) is 127 cm³/mol. The summed E-state index contributed by atoms with van der Waals surface area (Å²) in [5.74, 6) is -1.31. The van der Waals surface area contributed by atoms with Crippen molar-refractivity contribution in [2.24, 2.45) is 23.0 Å². The number of nitrogens with one attached hydrogen (secondary N) is 4. The molecule has 32 heavy (non-hydrogen) atoms. The van der Waals surface area contributed by atoms with Crippen molar-refractivity contribution in [3.8, 4) is 0 Å². The first-order valence-electron chi connectivity index (χ1n) is 10.8. The Hall–Kier alpha value is -1.37. The summed E-state index contributed by atoms with van der Waals surface area (Å²) in [6.07, 6.45) is 2.31. The lowest BCUT2D eigenvalue weighted by molar-refractivity contribution is -0.132. The topological polar surface area (TPSA) is 159 Å². The molecule has 1 heterocycles. The van der Waals surface area contributed by atoms with E-state index >= 15 is 0 Å². The summed E-state index contributed by atoms with van der Waals surface area (Å²) >= 11 is 4.26. The average Bonchev–Trinajstić information content (AvgIpc) is 3.01. The standard InChI is InChI=1S/C20H39N5O5S2/c1-11(2)9-14(24-19(28)15(20(3,4)5)25-32(6,29)30)18(27)23-13(16(21)31)10-12-7-8-22-17(12)26/h11-16,25,31H,7-10,21H2,1-6H3,(H,22,26)(H,23,27)(H,24,28)/t12-,13-,14-,15+,16?/m0/s1. The third-order valence-corrected chi connectivity index (χ3v) is 6.27. The highest BCUT2D eigenvalue weighted by Gasteiger charge is 2.37. The molecule has 0 saturated carbocycles. The van der Waals surface area contributed by atoms with Crippen LogP contribution >= 0.6 is 12.6 Å². The molecule has 3 amide bonds. The molecule has 0 spiro atoms. The Labute approximate surface area is 197 Å². The van der Waals surface area contributed by atoms with E-state index in [0.29, 0.717) is 25.8 Å². The van der Waals surface area contributed by atoms with Crippen LogP contribution < -0.4 is 26.4 Å². The Bertz CT molecular complexity index is 780. The third-order valence-electron chi connectivity index (χ3n) is 5.24. The van der Waals surface area contributed by atoms with Gasteiger partial charge in [0, 0.05) is 12.5 Å². The Morgan fingerprint density at radius 3 is 2.22 bits per heavy atom. The summed E-state index contributed by atoms with van der Waals surface area (Å²) in [4.78, 5) is 38.0. The monoisotopic (exact) mass is 493 g/mol. The minimum Gasteiger partial charge on any atom is -0.356 e. The lowest BCUT2D eigenvalue weighted by atomic mass is 9.86. The van der Waals surface area contributed by atoms with Crippen molar-refractivity contribution in [3.63, 3.8) is 0 Å². The Kier molecular flexibility index (Phi) is 10.4. The van der Waals surface area contributed by atoms with Gasteiger partial charge in [0.05, 0.1) is 17.7 Å². The van der Waals surface area contributed by atoms with E-state index in [1.165, 1.54) is 0 Å². The molecule has 5 atom stereocenters. The van der Waals surface area contributed by atoms with Crippen LogP contribution in [0.25, 0.3) is 0 Å². The van der Waals surface area contributed by atoms with Crippen LogP contribution in [-0.4, -0.2) is 62.4 Å². The van der Waals surface area contributed by atoms with Gasteiger partial charge < -0.3 is 21.7 Å². The van der Waals surface area contributed by atoms with Crippen molar-refractivity contribution in [1.82, 2.24) is 20.7 Å². The van der Waals surface area contributed by atoms with E-state index in [1.54, 1.807) is 20.8 Å². The Morgan fingerprint density at radius 2 is 1.81 bits per heavy atom. The van der Waals surface area contributed by atoms with Crippen molar-refractivity contribution in [2.75, 3.05) is 12.8 Å². The molecule has 0 aromatic heterocycles. The van der Waals surface area contributed by atoms with E-state index < -0.39 is 50.8 Å². The Morgan fingerprint density at radius 1 is 1.22 bits per heavy atom. The molecule has 1 aliphatic heterocycles. The second kappa shape index (κ2) is 11.7. The van der Waals surface area contributed by atoms with E-state index in [2.05, 4.69) is 33.3 Å². The van der Waals surface area contributed by atoms with E-state index in [9.17, 15) is 22.8 Å². The van der Waals surface area contributed by atoms with Crippen molar-refractivity contribution in [1.29, 1.82) is 0 Å². The molecule has 6 N–H and O–H groups in total. The zero-order valence-electron chi connectivity index (χ0n) is 19.8. The molecule has 1 fully saturated rings. The maximum Gasteiger partial charge on any atom is 0.242 e. The molecule has 1 unspecified atom stereocenters.